The van der Waals surface area contributed by atoms with Crippen LogP contribution in [0.15, 0.2) is 72.0 Å². The van der Waals surface area contributed by atoms with Gasteiger partial charge >= 0.3 is 0 Å². The molecule has 4 heteroatoms. The van der Waals surface area contributed by atoms with Crippen molar-refractivity contribution >= 4 is 16.8 Å². The fourth-order valence-electron chi connectivity index (χ4n) is 3.56. The number of aromatic nitrogens is 1. The molecule has 0 aliphatic carbocycles. The molecule has 1 aliphatic rings. The van der Waals surface area contributed by atoms with Gasteiger partial charge in [0.25, 0.3) is 0 Å². The number of fused-ring (bicyclic) bond motifs is 1. The van der Waals surface area contributed by atoms with Gasteiger partial charge in [-0.3, -0.25) is 9.98 Å². The fourth-order valence-corrected chi connectivity index (χ4v) is 4.17. The summed E-state index contributed by atoms with van der Waals surface area (Å²) in [7, 11) is 0. The first-order valence-corrected chi connectivity index (χ1v) is 10.3. The maximum Gasteiger partial charge on any atom is 0.0981 e. The van der Waals surface area contributed by atoms with Gasteiger partial charge in [0.15, 0.2) is 0 Å². The Kier molecular flexibility index (Phi) is 5.37. The second-order valence-electron chi connectivity index (χ2n) is 6.77. The van der Waals surface area contributed by atoms with Gasteiger partial charge in [0.1, 0.15) is 0 Å². The van der Waals surface area contributed by atoms with E-state index >= 15 is 0 Å². The predicted molar refractivity (Wildman–Crippen MR) is 113 cm³/mol. The number of aliphatic imine (C=N–C) groups is 1. The van der Waals surface area contributed by atoms with Crippen LogP contribution in [-0.4, -0.2) is 28.0 Å². The van der Waals surface area contributed by atoms with Crippen molar-refractivity contribution in [3.63, 3.8) is 0 Å². The maximum atomic E-state index is 9.85. The number of nitrogens with zero attached hydrogens (tertiary/aromatic N) is 2. The normalized spacial score (nSPS) is 13.9. The maximum absolute atomic E-state index is 9.85. The summed E-state index contributed by atoms with van der Waals surface area (Å²) >= 11 is 1.70. The molecule has 27 heavy (non-hydrogen) atoms. The van der Waals surface area contributed by atoms with Gasteiger partial charge in [-0.25, -0.2) is 0 Å². The van der Waals surface area contributed by atoms with Crippen molar-refractivity contribution in [2.24, 2.45) is 4.99 Å². The van der Waals surface area contributed by atoms with Crippen molar-refractivity contribution in [3.05, 3.63) is 89.2 Å². The number of rotatable bonds is 5. The molecule has 3 aromatic rings. The van der Waals surface area contributed by atoms with Gasteiger partial charge in [0.05, 0.1) is 18.2 Å². The summed E-state index contributed by atoms with van der Waals surface area (Å²) in [5.74, 6) is 0.0819. The number of thioether (sulfide) groups is 1. The average Bonchev–Trinajstić information content (AvgIpc) is 3.15. The topological polar surface area (TPSA) is 45.5 Å². The fraction of sp³-hybridized carbons (Fsp3) is 0.217. The SMILES string of the molecule is CSC1=NCc2ccc(-c3cncc(C[C@@H](CO)c4ccccc4)c3)cc21. The Labute approximate surface area is 164 Å². The molecule has 0 fully saturated rings. The van der Waals surface area contributed by atoms with Gasteiger partial charge in [-0.2, -0.15) is 0 Å². The first-order chi connectivity index (χ1) is 13.3. The molecule has 1 aromatic heterocycles. The molecular weight excluding hydrogens is 352 g/mol. The lowest BCUT2D eigenvalue weighted by Crippen LogP contribution is -2.08. The van der Waals surface area contributed by atoms with Crippen molar-refractivity contribution in [2.45, 2.75) is 18.9 Å². The minimum atomic E-state index is 0.0819. The number of hydrogen-bond acceptors (Lipinski definition) is 4. The molecule has 0 unspecified atom stereocenters. The van der Waals surface area contributed by atoms with Crippen LogP contribution in [0.2, 0.25) is 0 Å². The third kappa shape index (κ3) is 3.82. The van der Waals surface area contributed by atoms with Crippen LogP contribution >= 0.6 is 11.8 Å². The van der Waals surface area contributed by atoms with Crippen LogP contribution in [0.5, 0.6) is 0 Å². The number of benzene rings is 2. The minimum absolute atomic E-state index is 0.0819. The predicted octanol–water partition coefficient (Wildman–Crippen LogP) is 4.69. The van der Waals surface area contributed by atoms with Crippen LogP contribution in [0, 0.1) is 0 Å². The number of aliphatic hydroxyl groups is 1. The molecule has 2 heterocycles. The van der Waals surface area contributed by atoms with E-state index in [4.69, 9.17) is 0 Å². The number of pyridine rings is 1. The number of aliphatic hydroxyl groups excluding tert-OH is 1. The van der Waals surface area contributed by atoms with Gasteiger partial charge in [-0.05, 0) is 47.1 Å². The Hall–Kier alpha value is -2.43. The van der Waals surface area contributed by atoms with Crippen LogP contribution < -0.4 is 0 Å². The molecule has 1 N–H and O–H groups in total. The first-order valence-electron chi connectivity index (χ1n) is 9.10. The lowest BCUT2D eigenvalue weighted by atomic mass is 9.92. The smallest absolute Gasteiger partial charge is 0.0981 e. The Morgan fingerprint density at radius 1 is 1.04 bits per heavy atom. The number of hydrogen-bond donors (Lipinski definition) is 1. The van der Waals surface area contributed by atoms with Crippen LogP contribution in [0.1, 0.15) is 28.2 Å². The third-order valence-corrected chi connectivity index (χ3v) is 5.76. The van der Waals surface area contributed by atoms with E-state index in [1.165, 1.54) is 11.1 Å². The Balaban J connectivity index is 1.61. The van der Waals surface area contributed by atoms with Crippen molar-refractivity contribution in [3.8, 4) is 11.1 Å². The summed E-state index contributed by atoms with van der Waals surface area (Å²) in [4.78, 5) is 9.05. The van der Waals surface area contributed by atoms with Gasteiger partial charge in [0.2, 0.25) is 0 Å². The molecule has 0 spiro atoms. The molecule has 1 atom stereocenters. The van der Waals surface area contributed by atoms with Crippen LogP contribution in [-0.2, 0) is 13.0 Å². The van der Waals surface area contributed by atoms with E-state index in [0.717, 1.165) is 40.3 Å². The zero-order valence-corrected chi connectivity index (χ0v) is 16.1. The van der Waals surface area contributed by atoms with E-state index < -0.39 is 0 Å². The Morgan fingerprint density at radius 3 is 2.67 bits per heavy atom. The van der Waals surface area contributed by atoms with Crippen molar-refractivity contribution in [1.29, 1.82) is 0 Å². The van der Waals surface area contributed by atoms with E-state index in [-0.39, 0.29) is 12.5 Å². The summed E-state index contributed by atoms with van der Waals surface area (Å²) in [6, 6.07) is 18.9. The van der Waals surface area contributed by atoms with Gasteiger partial charge in [-0.1, -0.05) is 42.5 Å². The molecule has 0 radical (unpaired) electrons. The Bertz CT molecular complexity index is 969. The van der Waals surface area contributed by atoms with E-state index in [2.05, 4.69) is 52.6 Å². The van der Waals surface area contributed by atoms with Gasteiger partial charge in [0, 0.05) is 29.4 Å². The quantitative estimate of drug-likeness (QED) is 0.705. The first kappa shape index (κ1) is 18.0. The largest absolute Gasteiger partial charge is 0.396 e. The molecule has 3 nitrogen and oxygen atoms in total. The summed E-state index contributed by atoms with van der Waals surface area (Å²) < 4.78 is 0. The molecule has 0 bridgehead atoms. The van der Waals surface area contributed by atoms with Gasteiger partial charge in [-0.15, -0.1) is 11.8 Å². The molecular formula is C23H22N2OS. The lowest BCUT2D eigenvalue weighted by Gasteiger charge is -2.15. The van der Waals surface area contributed by atoms with E-state index in [0.29, 0.717) is 0 Å². The van der Waals surface area contributed by atoms with Crippen LogP contribution in [0.3, 0.4) is 0 Å². The van der Waals surface area contributed by atoms with Crippen LogP contribution in [0.25, 0.3) is 11.1 Å². The van der Waals surface area contributed by atoms with E-state index in [1.807, 2.05) is 30.6 Å². The summed E-state index contributed by atoms with van der Waals surface area (Å²) in [6.45, 7) is 0.903. The molecule has 2 aromatic carbocycles. The van der Waals surface area contributed by atoms with Crippen molar-refractivity contribution in [1.82, 2.24) is 4.98 Å². The zero-order chi connectivity index (χ0) is 18.6. The Morgan fingerprint density at radius 2 is 1.89 bits per heavy atom. The molecule has 0 amide bonds. The summed E-state index contributed by atoms with van der Waals surface area (Å²) in [5, 5.41) is 11.0. The van der Waals surface area contributed by atoms with Crippen LogP contribution in [0.4, 0.5) is 0 Å². The molecule has 4 rings (SSSR count). The molecule has 0 saturated carbocycles. The van der Waals surface area contributed by atoms with Gasteiger partial charge < -0.3 is 5.11 Å². The molecule has 1 aliphatic heterocycles. The summed E-state index contributed by atoms with van der Waals surface area (Å²) in [6.07, 6.45) is 6.65. The zero-order valence-electron chi connectivity index (χ0n) is 15.3. The van der Waals surface area contributed by atoms with Crippen molar-refractivity contribution < 1.29 is 5.11 Å². The highest BCUT2D eigenvalue weighted by molar-refractivity contribution is 8.13. The molecule has 0 saturated heterocycles. The van der Waals surface area contributed by atoms with Crippen molar-refractivity contribution in [2.75, 3.05) is 12.9 Å². The third-order valence-electron chi connectivity index (χ3n) is 5.03. The lowest BCUT2D eigenvalue weighted by molar-refractivity contribution is 0.264. The standard InChI is InChI=1S/C23H22N2OS/c1-27-23-22-11-18(7-8-19(22)14-25-23)20-9-16(12-24-13-20)10-21(15-26)17-5-3-2-4-6-17/h2-9,11-13,21,26H,10,14-15H2,1H3/t21-/m0/s1. The van der Waals surface area contributed by atoms with E-state index in [9.17, 15) is 5.11 Å². The minimum Gasteiger partial charge on any atom is -0.396 e. The highest BCUT2D eigenvalue weighted by atomic mass is 32.2. The second kappa shape index (κ2) is 8.07. The highest BCUT2D eigenvalue weighted by Crippen LogP contribution is 2.30. The summed E-state index contributed by atoms with van der Waals surface area (Å²) in [5.41, 5.74) is 7.08. The van der Waals surface area contributed by atoms with E-state index in [1.54, 1.807) is 11.8 Å². The highest BCUT2D eigenvalue weighted by Gasteiger charge is 2.16. The molecule has 136 valence electrons. The average molecular weight is 375 g/mol. The monoisotopic (exact) mass is 374 g/mol. The second-order valence-corrected chi connectivity index (χ2v) is 7.57.